The van der Waals surface area contributed by atoms with Crippen LogP contribution in [0.3, 0.4) is 0 Å². The number of aromatic nitrogens is 1. The lowest BCUT2D eigenvalue weighted by molar-refractivity contribution is 0.0698. The van der Waals surface area contributed by atoms with Gasteiger partial charge in [0.15, 0.2) is 0 Å². The average Bonchev–Trinajstić information content (AvgIpc) is 2.79. The van der Waals surface area contributed by atoms with E-state index in [0.29, 0.717) is 4.47 Å². The van der Waals surface area contributed by atoms with Crippen molar-refractivity contribution in [2.45, 2.75) is 18.4 Å². The second-order valence-corrected chi connectivity index (χ2v) is 9.61. The van der Waals surface area contributed by atoms with Gasteiger partial charge in [0.05, 0.1) is 16.1 Å². The van der Waals surface area contributed by atoms with E-state index in [9.17, 15) is 23.1 Å². The Bertz CT molecular complexity index is 1230. The van der Waals surface area contributed by atoms with Crippen molar-refractivity contribution in [2.24, 2.45) is 0 Å². The molecule has 0 saturated carbocycles. The summed E-state index contributed by atoms with van der Waals surface area (Å²) < 4.78 is 28.0. The topological polar surface area (TPSA) is 117 Å². The smallest absolute Gasteiger partial charge is 0.337 e. The largest absolute Gasteiger partial charge is 0.478 e. The summed E-state index contributed by atoms with van der Waals surface area (Å²) in [5, 5.41) is 11.9. The van der Waals surface area contributed by atoms with E-state index < -0.39 is 21.9 Å². The molecular weight excluding hydrogens is 498 g/mol. The number of nitrogens with one attached hydrogen (secondary N) is 1. The first-order valence-electron chi connectivity index (χ1n) is 9.55. The Morgan fingerprint density at radius 1 is 1.06 bits per heavy atom. The first kappa shape index (κ1) is 23.6. The zero-order valence-corrected chi connectivity index (χ0v) is 19.4. The monoisotopic (exact) mass is 517 g/mol. The maximum Gasteiger partial charge on any atom is 0.337 e. The molecule has 0 atom stereocenters. The second kappa shape index (κ2) is 10.0. The van der Waals surface area contributed by atoms with E-state index in [1.54, 1.807) is 37.5 Å². The van der Waals surface area contributed by atoms with E-state index in [1.807, 2.05) is 0 Å². The Kier molecular flexibility index (Phi) is 7.39. The van der Waals surface area contributed by atoms with Crippen molar-refractivity contribution in [1.82, 2.24) is 9.29 Å². The molecule has 1 amide bonds. The van der Waals surface area contributed by atoms with Crippen molar-refractivity contribution < 1.29 is 23.1 Å². The van der Waals surface area contributed by atoms with Crippen LogP contribution in [0, 0.1) is 0 Å². The van der Waals surface area contributed by atoms with Crippen molar-refractivity contribution in [2.75, 3.05) is 11.9 Å². The molecule has 2 aromatic carbocycles. The standard InChI is InChI=1S/C22H20BrN3O5S/c1-2-26(14-15-9-11-24-12-10-15)32(30,31)18-6-3-16(4-7-18)21(27)25-20-8-5-17(23)13-19(20)22(28)29/h3-13H,2,14H2,1H3,(H,25,27)(H,28,29). The molecular formula is C22H20BrN3O5S. The van der Waals surface area contributed by atoms with Crippen LogP contribution in [0.1, 0.15) is 33.2 Å². The third-order valence-corrected chi connectivity index (χ3v) is 7.10. The van der Waals surface area contributed by atoms with Crippen LogP contribution in [0.5, 0.6) is 0 Å². The molecule has 0 unspecified atom stereocenters. The van der Waals surface area contributed by atoms with Gasteiger partial charge in [-0.2, -0.15) is 4.31 Å². The molecule has 0 spiro atoms. The van der Waals surface area contributed by atoms with Gasteiger partial charge in [0, 0.05) is 35.5 Å². The predicted molar refractivity (Wildman–Crippen MR) is 123 cm³/mol. The summed E-state index contributed by atoms with van der Waals surface area (Å²) in [6, 6.07) is 13.5. The van der Waals surface area contributed by atoms with Crippen LogP contribution in [-0.4, -0.2) is 41.2 Å². The van der Waals surface area contributed by atoms with Crippen LogP contribution < -0.4 is 5.32 Å². The average molecular weight is 518 g/mol. The van der Waals surface area contributed by atoms with Crippen molar-refractivity contribution in [3.05, 3.63) is 88.2 Å². The van der Waals surface area contributed by atoms with Gasteiger partial charge in [0.1, 0.15) is 0 Å². The first-order chi connectivity index (χ1) is 15.2. The van der Waals surface area contributed by atoms with E-state index in [0.717, 1.165) is 5.56 Å². The van der Waals surface area contributed by atoms with Crippen LogP contribution in [0.25, 0.3) is 0 Å². The van der Waals surface area contributed by atoms with Crippen molar-refractivity contribution in [3.8, 4) is 0 Å². The van der Waals surface area contributed by atoms with Gasteiger partial charge in [0.2, 0.25) is 10.0 Å². The number of rotatable bonds is 8. The fourth-order valence-corrected chi connectivity index (χ4v) is 4.78. The molecule has 8 nitrogen and oxygen atoms in total. The molecule has 3 rings (SSSR count). The third kappa shape index (κ3) is 5.39. The Labute approximate surface area is 194 Å². The van der Waals surface area contributed by atoms with Gasteiger partial charge >= 0.3 is 5.97 Å². The highest BCUT2D eigenvalue weighted by molar-refractivity contribution is 9.10. The van der Waals surface area contributed by atoms with Gasteiger partial charge in [0.25, 0.3) is 5.91 Å². The van der Waals surface area contributed by atoms with Crippen LogP contribution in [0.15, 0.2) is 76.4 Å². The van der Waals surface area contributed by atoms with Crippen molar-refractivity contribution in [1.29, 1.82) is 0 Å². The number of halogens is 1. The molecule has 0 saturated heterocycles. The number of aromatic carboxylic acids is 1. The summed E-state index contributed by atoms with van der Waals surface area (Å²) in [5.74, 6) is -1.74. The number of carbonyl (C=O) groups is 2. The molecule has 32 heavy (non-hydrogen) atoms. The molecule has 0 fully saturated rings. The molecule has 3 aromatic rings. The van der Waals surface area contributed by atoms with E-state index >= 15 is 0 Å². The molecule has 1 aromatic heterocycles. The lowest BCUT2D eigenvalue weighted by Crippen LogP contribution is -2.30. The normalized spacial score (nSPS) is 11.3. The Hall–Kier alpha value is -3.08. The number of hydrogen-bond donors (Lipinski definition) is 2. The fraction of sp³-hybridized carbons (Fsp3) is 0.136. The van der Waals surface area contributed by atoms with E-state index in [1.165, 1.54) is 40.7 Å². The van der Waals surface area contributed by atoms with Crippen LogP contribution in [-0.2, 0) is 16.6 Å². The highest BCUT2D eigenvalue weighted by Gasteiger charge is 2.24. The summed E-state index contributed by atoms with van der Waals surface area (Å²) in [4.78, 5) is 28.0. The summed E-state index contributed by atoms with van der Waals surface area (Å²) in [5.41, 5.74) is 1.07. The summed E-state index contributed by atoms with van der Waals surface area (Å²) in [6.07, 6.45) is 3.20. The number of benzene rings is 2. The van der Waals surface area contributed by atoms with Gasteiger partial charge in [-0.25, -0.2) is 13.2 Å². The number of anilines is 1. The van der Waals surface area contributed by atoms with Gasteiger partial charge in [-0.05, 0) is 60.2 Å². The zero-order chi connectivity index (χ0) is 23.3. The number of pyridine rings is 1. The molecule has 0 aliphatic carbocycles. The second-order valence-electron chi connectivity index (χ2n) is 6.76. The fourth-order valence-electron chi connectivity index (χ4n) is 2.98. The van der Waals surface area contributed by atoms with Gasteiger partial charge < -0.3 is 10.4 Å². The maximum absolute atomic E-state index is 13.0. The number of amides is 1. The molecule has 2 N–H and O–H groups in total. The SMILES string of the molecule is CCN(Cc1ccncc1)S(=O)(=O)c1ccc(C(=O)Nc2ccc(Br)cc2C(=O)O)cc1. The van der Waals surface area contributed by atoms with Crippen molar-refractivity contribution >= 4 is 43.5 Å². The Balaban J connectivity index is 1.79. The molecule has 0 aliphatic rings. The number of carboxylic acids is 1. The molecule has 10 heteroatoms. The Morgan fingerprint density at radius 3 is 2.31 bits per heavy atom. The lowest BCUT2D eigenvalue weighted by Gasteiger charge is -2.20. The number of hydrogen-bond acceptors (Lipinski definition) is 5. The predicted octanol–water partition coefficient (Wildman–Crippen LogP) is 4.01. The van der Waals surface area contributed by atoms with Gasteiger partial charge in [-0.1, -0.05) is 22.9 Å². The summed E-state index contributed by atoms with van der Waals surface area (Å²) in [6.45, 7) is 2.22. The molecule has 0 bridgehead atoms. The molecule has 166 valence electrons. The minimum absolute atomic E-state index is 0.0554. The zero-order valence-electron chi connectivity index (χ0n) is 17.0. The van der Waals surface area contributed by atoms with Crippen LogP contribution in [0.4, 0.5) is 5.69 Å². The first-order valence-corrected chi connectivity index (χ1v) is 11.8. The third-order valence-electron chi connectivity index (χ3n) is 4.68. The lowest BCUT2D eigenvalue weighted by atomic mass is 10.1. The number of nitrogens with zero attached hydrogens (tertiary/aromatic N) is 2. The molecule has 0 aliphatic heterocycles. The van der Waals surface area contributed by atoms with Crippen molar-refractivity contribution in [3.63, 3.8) is 0 Å². The van der Waals surface area contributed by atoms with Crippen LogP contribution in [0.2, 0.25) is 0 Å². The quantitative estimate of drug-likeness (QED) is 0.466. The number of sulfonamides is 1. The maximum atomic E-state index is 13.0. The summed E-state index contributed by atoms with van der Waals surface area (Å²) >= 11 is 3.20. The van der Waals surface area contributed by atoms with Gasteiger partial charge in [-0.3, -0.25) is 9.78 Å². The number of carbonyl (C=O) groups excluding carboxylic acids is 1. The minimum Gasteiger partial charge on any atom is -0.478 e. The molecule has 0 radical (unpaired) electrons. The van der Waals surface area contributed by atoms with Crippen LogP contribution >= 0.6 is 15.9 Å². The molecule has 1 heterocycles. The summed E-state index contributed by atoms with van der Waals surface area (Å²) in [7, 11) is -3.78. The van der Waals surface area contributed by atoms with Gasteiger partial charge in [-0.15, -0.1) is 0 Å². The number of carboxylic acid groups (broad SMARTS) is 1. The highest BCUT2D eigenvalue weighted by Crippen LogP contribution is 2.23. The van der Waals surface area contributed by atoms with E-state index in [-0.39, 0.29) is 34.8 Å². The highest BCUT2D eigenvalue weighted by atomic mass is 79.9. The van der Waals surface area contributed by atoms with E-state index in [2.05, 4.69) is 26.2 Å². The Morgan fingerprint density at radius 2 is 1.72 bits per heavy atom. The minimum atomic E-state index is -3.78. The van der Waals surface area contributed by atoms with E-state index in [4.69, 9.17) is 0 Å².